The Balaban J connectivity index is 1.82. The highest BCUT2D eigenvalue weighted by atomic mass is 35.5. The summed E-state index contributed by atoms with van der Waals surface area (Å²) < 4.78 is 10.6. The van der Waals surface area contributed by atoms with E-state index in [1.807, 2.05) is 19.1 Å². The van der Waals surface area contributed by atoms with E-state index in [1.165, 1.54) is 12.0 Å². The van der Waals surface area contributed by atoms with Crippen molar-refractivity contribution < 1.29 is 19.1 Å². The molecule has 3 aromatic carbocycles. The fourth-order valence-corrected chi connectivity index (χ4v) is 3.87. The highest BCUT2D eigenvalue weighted by molar-refractivity contribution is 6.46. The topological polar surface area (TPSA) is 67.9 Å². The van der Waals surface area contributed by atoms with Crippen LogP contribution in [0.3, 0.4) is 0 Å². The fraction of sp³-hybridized carbons (Fsp3) is 0.154. The zero-order chi connectivity index (χ0) is 23.5. The van der Waals surface area contributed by atoms with Crippen molar-refractivity contribution in [3.05, 3.63) is 88.6 Å². The summed E-state index contributed by atoms with van der Waals surface area (Å²) in [6.45, 7) is 2.05. The lowest BCUT2D eigenvalue weighted by Crippen LogP contribution is -2.32. The van der Waals surface area contributed by atoms with Gasteiger partial charge in [0.25, 0.3) is 11.8 Å². The number of hydrogen-bond acceptors (Lipinski definition) is 5. The zero-order valence-electron chi connectivity index (χ0n) is 18.5. The molecule has 7 heteroatoms. The maximum atomic E-state index is 13.6. The fourth-order valence-electron chi connectivity index (χ4n) is 3.70. The largest absolute Gasteiger partial charge is 0.497 e. The first-order chi connectivity index (χ1) is 16.0. The lowest BCUT2D eigenvalue weighted by atomic mass is 10.0. The number of carbonyl (C=O) groups is 2. The number of aryl methyl sites for hydroxylation is 1. The molecule has 0 spiro atoms. The minimum absolute atomic E-state index is 0.144. The van der Waals surface area contributed by atoms with Gasteiger partial charge in [-0.3, -0.25) is 9.59 Å². The summed E-state index contributed by atoms with van der Waals surface area (Å²) in [7, 11) is 3.09. The summed E-state index contributed by atoms with van der Waals surface area (Å²) in [6.07, 6.45) is 0.860. The second kappa shape index (κ2) is 9.38. The Hall–Kier alpha value is -3.77. The molecule has 0 aliphatic carbocycles. The van der Waals surface area contributed by atoms with E-state index in [0.717, 1.165) is 12.0 Å². The van der Waals surface area contributed by atoms with Crippen LogP contribution in [0.4, 0.5) is 11.4 Å². The molecule has 1 aliphatic rings. The Kier molecular flexibility index (Phi) is 6.38. The van der Waals surface area contributed by atoms with Crippen LogP contribution >= 0.6 is 11.6 Å². The Morgan fingerprint density at radius 3 is 2.18 bits per heavy atom. The number of hydrogen-bond donors (Lipinski definition) is 1. The number of methoxy groups -OCH3 is 2. The summed E-state index contributed by atoms with van der Waals surface area (Å²) in [5.74, 6) is 0.260. The second-order valence-electron chi connectivity index (χ2n) is 7.41. The van der Waals surface area contributed by atoms with E-state index in [0.29, 0.717) is 33.5 Å². The van der Waals surface area contributed by atoms with Gasteiger partial charge in [-0.05, 0) is 60.0 Å². The molecule has 1 aliphatic heterocycles. The predicted molar refractivity (Wildman–Crippen MR) is 130 cm³/mol. The quantitative estimate of drug-likeness (QED) is 0.481. The number of benzene rings is 3. The van der Waals surface area contributed by atoms with Crippen LogP contribution in [-0.2, 0) is 16.0 Å². The molecule has 0 saturated heterocycles. The molecular formula is C26H23ClN2O4. The Morgan fingerprint density at radius 1 is 0.879 bits per heavy atom. The van der Waals surface area contributed by atoms with Crippen molar-refractivity contribution in [1.82, 2.24) is 0 Å². The lowest BCUT2D eigenvalue weighted by Gasteiger charge is -2.16. The maximum Gasteiger partial charge on any atom is 0.282 e. The van der Waals surface area contributed by atoms with E-state index >= 15 is 0 Å². The van der Waals surface area contributed by atoms with Gasteiger partial charge in [-0.25, -0.2) is 4.90 Å². The van der Waals surface area contributed by atoms with E-state index in [4.69, 9.17) is 21.1 Å². The van der Waals surface area contributed by atoms with Crippen LogP contribution in [0.1, 0.15) is 18.1 Å². The number of imide groups is 1. The Bertz CT molecular complexity index is 1230. The molecule has 4 rings (SSSR count). The number of amides is 2. The summed E-state index contributed by atoms with van der Waals surface area (Å²) in [4.78, 5) is 28.3. The molecule has 33 heavy (non-hydrogen) atoms. The number of halogens is 1. The SMILES string of the molecule is CCc1ccc(N2C(=O)C(Nc3cc(Cl)ccc3OC)=C(c3ccc(OC)cc3)C2=O)cc1. The second-order valence-corrected chi connectivity index (χ2v) is 7.85. The number of rotatable bonds is 7. The molecule has 168 valence electrons. The van der Waals surface area contributed by atoms with Gasteiger partial charge in [-0.15, -0.1) is 0 Å². The molecule has 3 aromatic rings. The molecule has 0 radical (unpaired) electrons. The summed E-state index contributed by atoms with van der Waals surface area (Å²) in [5, 5.41) is 3.57. The number of anilines is 2. The van der Waals surface area contributed by atoms with Crippen LogP contribution in [0.15, 0.2) is 72.4 Å². The first-order valence-corrected chi connectivity index (χ1v) is 10.8. The van der Waals surface area contributed by atoms with Crippen LogP contribution in [-0.4, -0.2) is 26.0 Å². The van der Waals surface area contributed by atoms with Crippen molar-refractivity contribution in [3.63, 3.8) is 0 Å². The minimum Gasteiger partial charge on any atom is -0.497 e. The highest BCUT2D eigenvalue weighted by Crippen LogP contribution is 2.37. The van der Waals surface area contributed by atoms with Gasteiger partial charge in [0, 0.05) is 5.02 Å². The number of ether oxygens (including phenoxy) is 2. The third-order valence-electron chi connectivity index (χ3n) is 5.49. The third kappa shape index (κ3) is 4.30. The van der Waals surface area contributed by atoms with E-state index in [-0.39, 0.29) is 11.3 Å². The van der Waals surface area contributed by atoms with Crippen molar-refractivity contribution in [2.24, 2.45) is 0 Å². The lowest BCUT2D eigenvalue weighted by molar-refractivity contribution is -0.120. The first kappa shape index (κ1) is 22.4. The van der Waals surface area contributed by atoms with Crippen molar-refractivity contribution in [2.75, 3.05) is 24.4 Å². The first-order valence-electron chi connectivity index (χ1n) is 10.4. The van der Waals surface area contributed by atoms with Crippen LogP contribution in [0, 0.1) is 0 Å². The van der Waals surface area contributed by atoms with Gasteiger partial charge in [-0.1, -0.05) is 42.8 Å². The van der Waals surface area contributed by atoms with Crippen molar-refractivity contribution in [1.29, 1.82) is 0 Å². The normalized spacial score (nSPS) is 13.5. The number of nitrogens with zero attached hydrogens (tertiary/aromatic N) is 1. The van der Waals surface area contributed by atoms with Crippen LogP contribution in [0.5, 0.6) is 11.5 Å². The molecule has 0 saturated carbocycles. The zero-order valence-corrected chi connectivity index (χ0v) is 19.3. The van der Waals surface area contributed by atoms with E-state index < -0.39 is 11.8 Å². The average molecular weight is 463 g/mol. The summed E-state index contributed by atoms with van der Waals surface area (Å²) >= 11 is 6.18. The molecular weight excluding hydrogens is 440 g/mol. The number of nitrogens with one attached hydrogen (secondary N) is 1. The van der Waals surface area contributed by atoms with E-state index in [9.17, 15) is 9.59 Å². The van der Waals surface area contributed by atoms with Gasteiger partial charge in [-0.2, -0.15) is 0 Å². The average Bonchev–Trinajstić information content (AvgIpc) is 3.08. The molecule has 0 atom stereocenters. The predicted octanol–water partition coefficient (Wildman–Crippen LogP) is 5.32. The summed E-state index contributed by atoms with van der Waals surface area (Å²) in [5.41, 5.74) is 3.08. The van der Waals surface area contributed by atoms with E-state index in [1.54, 1.807) is 61.7 Å². The molecule has 6 nitrogen and oxygen atoms in total. The molecule has 0 fully saturated rings. The van der Waals surface area contributed by atoms with Gasteiger partial charge >= 0.3 is 0 Å². The molecule has 0 bridgehead atoms. The monoisotopic (exact) mass is 462 g/mol. The standard InChI is InChI=1S/C26H23ClN2O4/c1-4-16-5-10-19(11-6-16)29-25(30)23(17-7-12-20(32-2)13-8-17)24(26(29)31)28-21-15-18(27)9-14-22(21)33-3/h5-15,28H,4H2,1-3H3. The summed E-state index contributed by atoms with van der Waals surface area (Å²) in [6, 6.07) is 19.4. The van der Waals surface area contributed by atoms with Crippen molar-refractivity contribution >= 4 is 40.4 Å². The Labute approximate surface area is 197 Å². The van der Waals surface area contributed by atoms with Gasteiger partial charge < -0.3 is 14.8 Å². The molecule has 0 unspecified atom stereocenters. The van der Waals surface area contributed by atoms with Gasteiger partial charge in [0.05, 0.1) is 31.2 Å². The highest BCUT2D eigenvalue weighted by Gasteiger charge is 2.40. The molecule has 0 aromatic heterocycles. The van der Waals surface area contributed by atoms with Crippen LogP contribution < -0.4 is 19.7 Å². The Morgan fingerprint density at radius 2 is 1.58 bits per heavy atom. The molecule has 2 amide bonds. The third-order valence-corrected chi connectivity index (χ3v) is 5.72. The van der Waals surface area contributed by atoms with Gasteiger partial charge in [0.15, 0.2) is 0 Å². The molecule has 1 N–H and O–H groups in total. The van der Waals surface area contributed by atoms with Crippen LogP contribution in [0.25, 0.3) is 5.57 Å². The maximum absolute atomic E-state index is 13.6. The van der Waals surface area contributed by atoms with E-state index in [2.05, 4.69) is 5.32 Å². The van der Waals surface area contributed by atoms with Crippen LogP contribution in [0.2, 0.25) is 5.02 Å². The smallest absolute Gasteiger partial charge is 0.282 e. The van der Waals surface area contributed by atoms with Gasteiger partial charge in [0.2, 0.25) is 0 Å². The minimum atomic E-state index is -0.461. The van der Waals surface area contributed by atoms with Crippen molar-refractivity contribution in [2.45, 2.75) is 13.3 Å². The number of carbonyl (C=O) groups excluding carboxylic acids is 2. The van der Waals surface area contributed by atoms with Gasteiger partial charge in [0.1, 0.15) is 17.2 Å². The van der Waals surface area contributed by atoms with Crippen molar-refractivity contribution in [3.8, 4) is 11.5 Å². The molecule has 1 heterocycles.